The Morgan fingerprint density at radius 3 is 2.46 bits per heavy atom. The second kappa shape index (κ2) is 6.82. The number of benzene rings is 1. The molecule has 0 aliphatic carbocycles. The van der Waals surface area contributed by atoms with Crippen LogP contribution in [0.15, 0.2) is 47.0 Å². The number of aromatic nitrogens is 3. The van der Waals surface area contributed by atoms with Crippen molar-refractivity contribution in [2.75, 3.05) is 10.6 Å². The Labute approximate surface area is 145 Å². The van der Waals surface area contributed by atoms with Crippen LogP contribution in [-0.4, -0.2) is 21.3 Å². The highest BCUT2D eigenvalue weighted by atomic mass is 19.4. The molecule has 0 saturated carbocycles. The first kappa shape index (κ1) is 17.4. The molecule has 1 amide bonds. The zero-order valence-corrected chi connectivity index (χ0v) is 13.3. The van der Waals surface area contributed by atoms with E-state index in [1.807, 2.05) is 0 Å². The van der Waals surface area contributed by atoms with E-state index in [0.717, 1.165) is 12.1 Å². The fourth-order valence-electron chi connectivity index (χ4n) is 2.10. The molecule has 7 nitrogen and oxygen atoms in total. The van der Waals surface area contributed by atoms with Gasteiger partial charge in [-0.05, 0) is 31.2 Å². The molecule has 0 unspecified atom stereocenters. The summed E-state index contributed by atoms with van der Waals surface area (Å²) in [4.78, 5) is 12.1. The lowest BCUT2D eigenvalue weighted by atomic mass is 10.1. The van der Waals surface area contributed by atoms with Crippen LogP contribution in [0.1, 0.15) is 21.8 Å². The molecular formula is C16H12F3N5O2. The molecule has 0 aliphatic heterocycles. The Kier molecular flexibility index (Phi) is 4.57. The number of hydrogen-bond acceptors (Lipinski definition) is 6. The molecule has 10 heteroatoms. The average Bonchev–Trinajstić information content (AvgIpc) is 3.00. The highest BCUT2D eigenvalue weighted by molar-refractivity contribution is 6.03. The molecule has 3 aromatic rings. The molecule has 0 atom stereocenters. The lowest BCUT2D eigenvalue weighted by Gasteiger charge is -2.13. The summed E-state index contributed by atoms with van der Waals surface area (Å²) in [5.74, 6) is 0.497. The van der Waals surface area contributed by atoms with Crippen molar-refractivity contribution in [3.63, 3.8) is 0 Å². The van der Waals surface area contributed by atoms with Crippen molar-refractivity contribution in [3.05, 3.63) is 59.5 Å². The molecule has 0 spiro atoms. The minimum Gasteiger partial charge on any atom is -0.360 e. The Bertz CT molecular complexity index is 922. The maximum absolute atomic E-state index is 13.0. The van der Waals surface area contributed by atoms with Crippen molar-refractivity contribution in [2.45, 2.75) is 13.1 Å². The Morgan fingerprint density at radius 1 is 1.08 bits per heavy atom. The van der Waals surface area contributed by atoms with Gasteiger partial charge in [-0.25, -0.2) is 0 Å². The molecule has 0 radical (unpaired) electrons. The Balaban J connectivity index is 1.73. The molecule has 3 rings (SSSR count). The summed E-state index contributed by atoms with van der Waals surface area (Å²) in [6.45, 7) is 1.72. The van der Waals surface area contributed by atoms with Crippen LogP contribution in [0.3, 0.4) is 0 Å². The van der Waals surface area contributed by atoms with E-state index in [0.29, 0.717) is 17.4 Å². The van der Waals surface area contributed by atoms with Gasteiger partial charge in [-0.3, -0.25) is 4.79 Å². The third kappa shape index (κ3) is 3.97. The van der Waals surface area contributed by atoms with Crippen LogP contribution in [-0.2, 0) is 6.18 Å². The van der Waals surface area contributed by atoms with Gasteiger partial charge in [-0.2, -0.15) is 13.2 Å². The van der Waals surface area contributed by atoms with Crippen LogP contribution >= 0.6 is 0 Å². The van der Waals surface area contributed by atoms with Crippen molar-refractivity contribution < 1.29 is 22.5 Å². The van der Waals surface area contributed by atoms with Gasteiger partial charge in [0.15, 0.2) is 17.3 Å². The van der Waals surface area contributed by atoms with Crippen LogP contribution in [0.2, 0.25) is 0 Å². The maximum Gasteiger partial charge on any atom is 0.418 e. The molecule has 0 bridgehead atoms. The topological polar surface area (TPSA) is 92.9 Å². The van der Waals surface area contributed by atoms with Crippen molar-refractivity contribution >= 4 is 23.2 Å². The SMILES string of the molecule is Cc1cc(Nc2ccc(C(=O)Nc3ccccc3C(F)(F)F)nn2)no1. The summed E-state index contributed by atoms with van der Waals surface area (Å²) < 4.78 is 43.8. The number of carbonyl (C=O) groups is 1. The van der Waals surface area contributed by atoms with Crippen LogP contribution < -0.4 is 10.6 Å². The highest BCUT2D eigenvalue weighted by Crippen LogP contribution is 2.34. The first-order valence-electron chi connectivity index (χ1n) is 7.34. The lowest BCUT2D eigenvalue weighted by molar-refractivity contribution is -0.136. The van der Waals surface area contributed by atoms with Gasteiger partial charge in [-0.1, -0.05) is 17.3 Å². The first-order chi connectivity index (χ1) is 12.3. The second-order valence-corrected chi connectivity index (χ2v) is 5.25. The molecule has 2 aromatic heterocycles. The maximum atomic E-state index is 13.0. The predicted molar refractivity (Wildman–Crippen MR) is 86.0 cm³/mol. The Morgan fingerprint density at radius 2 is 1.85 bits per heavy atom. The fraction of sp³-hybridized carbons (Fsp3) is 0.125. The molecule has 2 N–H and O–H groups in total. The number of amides is 1. The first-order valence-corrected chi connectivity index (χ1v) is 7.34. The number of carbonyl (C=O) groups excluding carboxylic acids is 1. The van der Waals surface area contributed by atoms with E-state index < -0.39 is 17.6 Å². The second-order valence-electron chi connectivity index (χ2n) is 5.25. The standard InChI is InChI=1S/C16H12F3N5O2/c1-9-8-14(24-26-9)21-13-7-6-12(22-23-13)15(25)20-11-5-3-2-4-10(11)16(17,18)19/h2-8H,1H3,(H,20,25)(H,21,23,24). The number of nitrogens with zero attached hydrogens (tertiary/aromatic N) is 3. The van der Waals surface area contributed by atoms with Crippen molar-refractivity contribution in [1.82, 2.24) is 15.4 Å². The highest BCUT2D eigenvalue weighted by Gasteiger charge is 2.33. The van der Waals surface area contributed by atoms with Gasteiger partial charge in [0, 0.05) is 6.07 Å². The summed E-state index contributed by atoms with van der Waals surface area (Å²) in [6.07, 6.45) is -4.58. The molecule has 1 aromatic carbocycles. The minimum atomic E-state index is -4.58. The third-order valence-electron chi connectivity index (χ3n) is 3.26. The van der Waals surface area contributed by atoms with Gasteiger partial charge < -0.3 is 15.2 Å². The van der Waals surface area contributed by atoms with Gasteiger partial charge in [0.05, 0.1) is 11.3 Å². The zero-order chi connectivity index (χ0) is 18.7. The average molecular weight is 363 g/mol. The number of alkyl halides is 3. The summed E-state index contributed by atoms with van der Waals surface area (Å²) in [5, 5.41) is 16.2. The smallest absolute Gasteiger partial charge is 0.360 e. The monoisotopic (exact) mass is 363 g/mol. The molecular weight excluding hydrogens is 351 g/mol. The minimum absolute atomic E-state index is 0.135. The lowest BCUT2D eigenvalue weighted by Crippen LogP contribution is -2.18. The van der Waals surface area contributed by atoms with E-state index in [1.54, 1.807) is 13.0 Å². The van der Waals surface area contributed by atoms with Gasteiger partial charge >= 0.3 is 6.18 Å². The summed E-state index contributed by atoms with van der Waals surface area (Å²) in [5.41, 5.74) is -1.43. The van der Waals surface area contributed by atoms with Gasteiger partial charge in [0.2, 0.25) is 0 Å². The van der Waals surface area contributed by atoms with Gasteiger partial charge in [0.1, 0.15) is 5.76 Å². The number of rotatable bonds is 4. The number of nitrogens with one attached hydrogen (secondary N) is 2. The van der Waals surface area contributed by atoms with E-state index in [2.05, 4.69) is 26.0 Å². The van der Waals surface area contributed by atoms with E-state index >= 15 is 0 Å². The fourth-order valence-corrected chi connectivity index (χ4v) is 2.10. The zero-order valence-electron chi connectivity index (χ0n) is 13.3. The van der Waals surface area contributed by atoms with Gasteiger partial charge in [-0.15, -0.1) is 10.2 Å². The third-order valence-corrected chi connectivity index (χ3v) is 3.26. The van der Waals surface area contributed by atoms with Crippen molar-refractivity contribution in [3.8, 4) is 0 Å². The summed E-state index contributed by atoms with van der Waals surface area (Å²) in [6, 6.07) is 9.09. The molecule has 2 heterocycles. The van der Waals surface area contributed by atoms with E-state index in [-0.39, 0.29) is 11.4 Å². The normalized spacial score (nSPS) is 11.2. The number of anilines is 3. The Hall–Kier alpha value is -3.43. The van der Waals surface area contributed by atoms with Gasteiger partial charge in [0.25, 0.3) is 5.91 Å². The summed E-state index contributed by atoms with van der Waals surface area (Å²) >= 11 is 0. The molecule has 26 heavy (non-hydrogen) atoms. The largest absolute Gasteiger partial charge is 0.418 e. The van der Waals surface area contributed by atoms with Crippen LogP contribution in [0.5, 0.6) is 0 Å². The van der Waals surface area contributed by atoms with Crippen LogP contribution in [0.4, 0.5) is 30.5 Å². The predicted octanol–water partition coefficient (Wildman–Crippen LogP) is 3.79. The van der Waals surface area contributed by atoms with Crippen LogP contribution in [0, 0.1) is 6.92 Å². The number of hydrogen-bond donors (Lipinski definition) is 2. The van der Waals surface area contributed by atoms with E-state index in [1.165, 1.54) is 24.3 Å². The van der Waals surface area contributed by atoms with E-state index in [4.69, 9.17) is 4.52 Å². The number of aryl methyl sites for hydroxylation is 1. The van der Waals surface area contributed by atoms with E-state index in [9.17, 15) is 18.0 Å². The van der Waals surface area contributed by atoms with Crippen molar-refractivity contribution in [2.24, 2.45) is 0 Å². The van der Waals surface area contributed by atoms with Crippen molar-refractivity contribution in [1.29, 1.82) is 0 Å². The molecule has 134 valence electrons. The number of para-hydroxylation sites is 1. The summed E-state index contributed by atoms with van der Waals surface area (Å²) in [7, 11) is 0. The molecule has 0 fully saturated rings. The van der Waals surface area contributed by atoms with Crippen LogP contribution in [0.25, 0.3) is 0 Å². The molecule has 0 saturated heterocycles. The number of halogens is 3. The quantitative estimate of drug-likeness (QED) is 0.733. The molecule has 0 aliphatic rings.